The van der Waals surface area contributed by atoms with Crippen molar-refractivity contribution in [2.75, 3.05) is 0 Å². The monoisotopic (exact) mass is 498 g/mol. The summed E-state index contributed by atoms with van der Waals surface area (Å²) in [5, 5.41) is 9.01. The van der Waals surface area contributed by atoms with Crippen LogP contribution in [0.5, 0.6) is 0 Å². The fraction of sp³-hybridized carbons (Fsp3) is 0.812. The second-order valence-corrected chi connectivity index (χ2v) is 13.7. The molecule has 3 saturated carbocycles. The molecule has 3 fully saturated rings. The minimum atomic E-state index is -1.13. The van der Waals surface area contributed by atoms with Gasteiger partial charge in [-0.2, -0.15) is 0 Å². The first kappa shape index (κ1) is 27.5. The third-order valence-corrected chi connectivity index (χ3v) is 11.2. The zero-order chi connectivity index (χ0) is 26.3. The predicted octanol–water partition coefficient (Wildman–Crippen LogP) is 7.97. The first-order chi connectivity index (χ1) is 17.0. The summed E-state index contributed by atoms with van der Waals surface area (Å²) in [5.74, 6) is 3.32. The van der Waals surface area contributed by atoms with Gasteiger partial charge in [0.05, 0.1) is 6.42 Å². The molecule has 4 rings (SSSR count). The number of ether oxygens (including phenoxy) is 1. The molecule has 4 aliphatic rings. The van der Waals surface area contributed by atoms with Crippen LogP contribution in [0, 0.1) is 46.3 Å². The van der Waals surface area contributed by atoms with Crippen LogP contribution in [0.1, 0.15) is 112 Å². The number of carboxylic acid groups (broad SMARTS) is 1. The van der Waals surface area contributed by atoms with Gasteiger partial charge in [-0.15, -0.1) is 0 Å². The van der Waals surface area contributed by atoms with Crippen molar-refractivity contribution < 1.29 is 19.4 Å². The van der Waals surface area contributed by atoms with Gasteiger partial charge in [-0.25, -0.2) is 4.79 Å². The van der Waals surface area contributed by atoms with Crippen LogP contribution in [0.4, 0.5) is 0 Å². The van der Waals surface area contributed by atoms with E-state index in [1.54, 1.807) is 0 Å². The minimum Gasteiger partial charge on any atom is -0.478 e. The number of rotatable bonds is 9. The van der Waals surface area contributed by atoms with E-state index in [0.717, 1.165) is 54.8 Å². The highest BCUT2D eigenvalue weighted by Gasteiger charge is 2.59. The third kappa shape index (κ3) is 5.20. The molecule has 36 heavy (non-hydrogen) atoms. The van der Waals surface area contributed by atoms with Gasteiger partial charge in [0.1, 0.15) is 6.10 Å². The normalized spacial score (nSPS) is 38.4. The van der Waals surface area contributed by atoms with Gasteiger partial charge in [-0.1, -0.05) is 72.1 Å². The molecule has 0 aromatic heterocycles. The van der Waals surface area contributed by atoms with Crippen LogP contribution in [0.2, 0.25) is 0 Å². The second-order valence-electron chi connectivity index (χ2n) is 13.7. The Morgan fingerprint density at radius 3 is 2.53 bits per heavy atom. The van der Waals surface area contributed by atoms with Crippen LogP contribution in [-0.4, -0.2) is 23.1 Å². The molecule has 4 heteroatoms. The van der Waals surface area contributed by atoms with Crippen LogP contribution in [0.25, 0.3) is 0 Å². The number of esters is 1. The van der Waals surface area contributed by atoms with Crippen LogP contribution in [-0.2, 0) is 14.3 Å². The number of allylic oxidation sites excluding steroid dienone is 1. The Kier molecular flexibility index (Phi) is 8.12. The molecule has 0 aliphatic heterocycles. The van der Waals surface area contributed by atoms with Crippen molar-refractivity contribution in [1.29, 1.82) is 0 Å². The van der Waals surface area contributed by atoms with E-state index in [-0.39, 0.29) is 23.5 Å². The molecule has 4 aliphatic carbocycles. The lowest BCUT2D eigenvalue weighted by Gasteiger charge is -2.58. The highest BCUT2D eigenvalue weighted by atomic mass is 16.5. The molecular weight excluding hydrogens is 448 g/mol. The molecule has 0 bridgehead atoms. The number of hydrogen-bond acceptors (Lipinski definition) is 3. The van der Waals surface area contributed by atoms with Crippen molar-refractivity contribution in [2.24, 2.45) is 46.3 Å². The third-order valence-electron chi connectivity index (χ3n) is 11.2. The van der Waals surface area contributed by atoms with Crippen LogP contribution < -0.4 is 0 Å². The van der Waals surface area contributed by atoms with E-state index in [9.17, 15) is 9.59 Å². The molecule has 4 nitrogen and oxygen atoms in total. The average molecular weight is 499 g/mol. The van der Waals surface area contributed by atoms with E-state index in [1.807, 2.05) is 0 Å². The SMILES string of the molecule is C=C(CC(=O)O[C@H]1CC[C@@]2(C)C(=CC[C@H]3[C@@H]4CC[C@H]([C@H](C)CCCC(C)C)[C@@]4(C)CC[C@@H]32)C1)C(=O)O. The molecular formula is C32H50O4. The lowest BCUT2D eigenvalue weighted by atomic mass is 9.47. The van der Waals surface area contributed by atoms with E-state index >= 15 is 0 Å². The van der Waals surface area contributed by atoms with Gasteiger partial charge in [-0.05, 0) is 91.3 Å². The van der Waals surface area contributed by atoms with Gasteiger partial charge >= 0.3 is 11.9 Å². The van der Waals surface area contributed by atoms with Gasteiger partial charge in [0.15, 0.2) is 0 Å². The van der Waals surface area contributed by atoms with Crippen molar-refractivity contribution in [1.82, 2.24) is 0 Å². The predicted molar refractivity (Wildman–Crippen MR) is 144 cm³/mol. The summed E-state index contributed by atoms with van der Waals surface area (Å²) in [6.07, 6.45) is 15.7. The maximum atomic E-state index is 12.3. The molecule has 202 valence electrons. The molecule has 0 saturated heterocycles. The molecule has 0 aromatic rings. The second kappa shape index (κ2) is 10.7. The summed E-state index contributed by atoms with van der Waals surface area (Å²) in [5.41, 5.74) is 2.11. The number of carbonyl (C=O) groups excluding carboxylic acids is 1. The smallest absolute Gasteiger partial charge is 0.331 e. The lowest BCUT2D eigenvalue weighted by Crippen LogP contribution is -2.51. The number of hydrogen-bond donors (Lipinski definition) is 1. The summed E-state index contributed by atoms with van der Waals surface area (Å²) in [6, 6.07) is 0. The fourth-order valence-electron chi connectivity index (χ4n) is 9.23. The van der Waals surface area contributed by atoms with Crippen molar-refractivity contribution in [3.63, 3.8) is 0 Å². The summed E-state index contributed by atoms with van der Waals surface area (Å²) in [6.45, 7) is 15.8. The Hall–Kier alpha value is -1.58. The summed E-state index contributed by atoms with van der Waals surface area (Å²) in [4.78, 5) is 23.3. The molecule has 1 N–H and O–H groups in total. The zero-order valence-electron chi connectivity index (χ0n) is 23.5. The molecule has 0 unspecified atom stereocenters. The van der Waals surface area contributed by atoms with Crippen LogP contribution in [0.15, 0.2) is 23.8 Å². The number of aliphatic carboxylic acids is 1. The Morgan fingerprint density at radius 1 is 1.08 bits per heavy atom. The summed E-state index contributed by atoms with van der Waals surface area (Å²) >= 11 is 0. The van der Waals surface area contributed by atoms with E-state index in [0.29, 0.717) is 5.41 Å². The standard InChI is InChI=1S/C32H50O4/c1-20(2)8-7-9-21(3)26-12-13-27-25-11-10-23-19-24(36-29(33)18-22(4)30(34)35)14-16-31(23,5)28(25)15-17-32(26,27)6/h10,20-21,24-28H,4,7-9,11-19H2,1-3,5-6H3,(H,34,35)/t21-,24+,25+,26-,27+,28+,31+,32-/m1/s1. The molecule has 0 radical (unpaired) electrons. The van der Waals surface area contributed by atoms with Gasteiger partial charge < -0.3 is 9.84 Å². The van der Waals surface area contributed by atoms with Crippen molar-refractivity contribution in [3.05, 3.63) is 23.8 Å². The van der Waals surface area contributed by atoms with Crippen molar-refractivity contribution in [3.8, 4) is 0 Å². The Labute approximate surface area is 219 Å². The fourth-order valence-corrected chi connectivity index (χ4v) is 9.23. The van der Waals surface area contributed by atoms with Gasteiger partial charge in [-0.3, -0.25) is 4.79 Å². The molecule has 0 spiro atoms. The van der Waals surface area contributed by atoms with Crippen molar-refractivity contribution in [2.45, 2.75) is 118 Å². The zero-order valence-corrected chi connectivity index (χ0v) is 23.5. The molecule has 0 amide bonds. The van der Waals surface area contributed by atoms with Gasteiger partial charge in [0, 0.05) is 12.0 Å². The number of carbonyl (C=O) groups is 2. The minimum absolute atomic E-state index is 0.102. The topological polar surface area (TPSA) is 63.6 Å². The quantitative estimate of drug-likeness (QED) is 0.199. The van der Waals surface area contributed by atoms with Crippen molar-refractivity contribution >= 4 is 11.9 Å². The maximum absolute atomic E-state index is 12.3. The van der Waals surface area contributed by atoms with Crippen LogP contribution in [0.3, 0.4) is 0 Å². The number of carboxylic acids is 1. The van der Waals surface area contributed by atoms with Gasteiger partial charge in [0.2, 0.25) is 0 Å². The Bertz CT molecular complexity index is 887. The molecule has 8 atom stereocenters. The van der Waals surface area contributed by atoms with E-state index in [4.69, 9.17) is 9.84 Å². The first-order valence-electron chi connectivity index (χ1n) is 14.8. The van der Waals surface area contributed by atoms with E-state index in [2.05, 4.69) is 47.3 Å². The highest BCUT2D eigenvalue weighted by Crippen LogP contribution is 2.67. The highest BCUT2D eigenvalue weighted by molar-refractivity contribution is 5.91. The average Bonchev–Trinajstić information content (AvgIpc) is 3.16. The van der Waals surface area contributed by atoms with E-state index < -0.39 is 11.9 Å². The largest absolute Gasteiger partial charge is 0.478 e. The summed E-state index contributed by atoms with van der Waals surface area (Å²) < 4.78 is 5.71. The van der Waals surface area contributed by atoms with Crippen LogP contribution >= 0.6 is 0 Å². The Balaban J connectivity index is 1.41. The summed E-state index contributed by atoms with van der Waals surface area (Å²) in [7, 11) is 0. The Morgan fingerprint density at radius 2 is 1.83 bits per heavy atom. The maximum Gasteiger partial charge on any atom is 0.331 e. The molecule has 0 aromatic carbocycles. The van der Waals surface area contributed by atoms with E-state index in [1.165, 1.54) is 56.9 Å². The number of fused-ring (bicyclic) bond motifs is 5. The molecule has 0 heterocycles. The first-order valence-corrected chi connectivity index (χ1v) is 14.8. The lowest BCUT2D eigenvalue weighted by molar-refractivity contribution is -0.152. The van der Waals surface area contributed by atoms with Gasteiger partial charge in [0.25, 0.3) is 0 Å².